The van der Waals surface area contributed by atoms with Crippen molar-refractivity contribution >= 4 is 56.7 Å². The molecule has 0 fully saturated rings. The number of ketones is 6. The molecule has 2 N–H and O–H groups in total. The number of alkyl carbamates (subject to hydrolysis) is 2. The van der Waals surface area contributed by atoms with Gasteiger partial charge in [0.2, 0.25) is 9.84 Å². The van der Waals surface area contributed by atoms with Crippen molar-refractivity contribution in [2.75, 3.05) is 0 Å². The minimum absolute atomic E-state index is 0.172. The molecule has 0 bridgehead atoms. The molecule has 55 heavy (non-hydrogen) atoms. The van der Waals surface area contributed by atoms with E-state index in [1.807, 2.05) is 0 Å². The monoisotopic (exact) mass is 780 g/mol. The lowest BCUT2D eigenvalue weighted by Gasteiger charge is -2.27. The normalized spacial score (nSPS) is 19.2. The van der Waals surface area contributed by atoms with Crippen LogP contribution in [0.15, 0.2) is 46.2 Å². The molecule has 0 saturated carbocycles. The van der Waals surface area contributed by atoms with Crippen LogP contribution in [0.25, 0.3) is 0 Å². The van der Waals surface area contributed by atoms with Crippen LogP contribution in [0.3, 0.4) is 0 Å². The van der Waals surface area contributed by atoms with Crippen molar-refractivity contribution in [3.63, 3.8) is 0 Å². The second-order valence-corrected chi connectivity index (χ2v) is 18.0. The van der Waals surface area contributed by atoms with Gasteiger partial charge in [-0.2, -0.15) is 0 Å². The molecule has 2 amide bonds. The Morgan fingerprint density at radius 2 is 0.909 bits per heavy atom. The number of Topliss-reactive ketones (excluding diaryl/α,β-unsaturated/α-hetero) is 6. The highest BCUT2D eigenvalue weighted by atomic mass is 32.2. The highest BCUT2D eigenvalue weighted by Gasteiger charge is 2.49. The molecule has 2 aromatic rings. The van der Waals surface area contributed by atoms with E-state index in [-0.39, 0.29) is 22.3 Å². The fourth-order valence-corrected chi connectivity index (χ4v) is 7.73. The van der Waals surface area contributed by atoms with E-state index in [9.17, 15) is 46.8 Å². The first-order valence-electron chi connectivity index (χ1n) is 18.1. The number of carbonyl (C=O) groups excluding carboxylic acids is 8. The maximum atomic E-state index is 13.9. The molecule has 0 aliphatic heterocycles. The summed E-state index contributed by atoms with van der Waals surface area (Å²) in [6, 6.07) is 3.85. The van der Waals surface area contributed by atoms with Gasteiger partial charge in [-0.15, -0.1) is 0 Å². The minimum Gasteiger partial charge on any atom is -0.444 e. The number of hydrogen-bond donors (Lipinski definition) is 2. The van der Waals surface area contributed by atoms with Crippen molar-refractivity contribution in [1.29, 1.82) is 0 Å². The van der Waals surface area contributed by atoms with Crippen LogP contribution in [0.5, 0.6) is 0 Å². The van der Waals surface area contributed by atoms with E-state index in [1.54, 1.807) is 69.2 Å². The van der Waals surface area contributed by atoms with Crippen molar-refractivity contribution in [3.8, 4) is 0 Å². The molecular formula is C40H48N2O12S. The van der Waals surface area contributed by atoms with Crippen LogP contribution in [0.1, 0.15) is 124 Å². The number of fused-ring (bicyclic) bond motifs is 2. The van der Waals surface area contributed by atoms with Crippen molar-refractivity contribution in [3.05, 3.63) is 58.7 Å². The zero-order valence-electron chi connectivity index (χ0n) is 32.6. The van der Waals surface area contributed by atoms with Crippen LogP contribution >= 0.6 is 0 Å². The topological polar surface area (TPSA) is 213 Å². The second-order valence-electron chi connectivity index (χ2n) is 16.1. The second kappa shape index (κ2) is 15.6. The number of carbonyl (C=O) groups is 8. The number of rotatable bonds is 12. The first kappa shape index (κ1) is 42.7. The van der Waals surface area contributed by atoms with Gasteiger partial charge in [0.1, 0.15) is 23.0 Å². The Kier molecular flexibility index (Phi) is 12.1. The molecule has 296 valence electrons. The van der Waals surface area contributed by atoms with Gasteiger partial charge < -0.3 is 20.1 Å². The van der Waals surface area contributed by atoms with E-state index >= 15 is 0 Å². The molecule has 2 aliphatic carbocycles. The Bertz CT molecular complexity index is 1950. The van der Waals surface area contributed by atoms with Crippen LogP contribution < -0.4 is 10.6 Å². The lowest BCUT2D eigenvalue weighted by molar-refractivity contribution is -0.124. The lowest BCUT2D eigenvalue weighted by Crippen LogP contribution is -2.50. The minimum atomic E-state index is -4.52. The summed E-state index contributed by atoms with van der Waals surface area (Å²) in [7, 11) is -4.52. The molecule has 0 radical (unpaired) electrons. The van der Waals surface area contributed by atoms with Gasteiger partial charge in [-0.1, -0.05) is 40.5 Å². The Morgan fingerprint density at radius 3 is 1.20 bits per heavy atom. The maximum absolute atomic E-state index is 13.9. The molecule has 4 rings (SSSR count). The Morgan fingerprint density at radius 1 is 0.600 bits per heavy atom. The number of ether oxygens (including phenoxy) is 2. The highest BCUT2D eigenvalue weighted by molar-refractivity contribution is 7.91. The zero-order valence-corrected chi connectivity index (χ0v) is 33.5. The molecule has 0 saturated heterocycles. The third-order valence-electron chi connectivity index (χ3n) is 9.67. The van der Waals surface area contributed by atoms with Crippen molar-refractivity contribution < 1.29 is 56.2 Å². The maximum Gasteiger partial charge on any atom is 0.408 e. The van der Waals surface area contributed by atoms with Crippen molar-refractivity contribution in [1.82, 2.24) is 10.6 Å². The summed E-state index contributed by atoms with van der Waals surface area (Å²) in [6.07, 6.45) is -1.01. The van der Waals surface area contributed by atoms with Gasteiger partial charge in [0.15, 0.2) is 34.7 Å². The van der Waals surface area contributed by atoms with Gasteiger partial charge in [0, 0.05) is 22.3 Å². The predicted molar refractivity (Wildman–Crippen MR) is 198 cm³/mol. The number of benzene rings is 2. The van der Waals surface area contributed by atoms with Gasteiger partial charge in [-0.25, -0.2) is 18.0 Å². The van der Waals surface area contributed by atoms with Gasteiger partial charge in [0.25, 0.3) is 0 Å². The summed E-state index contributed by atoms with van der Waals surface area (Å²) in [5.41, 5.74) is -2.74. The molecule has 2 aromatic carbocycles. The summed E-state index contributed by atoms with van der Waals surface area (Å²) >= 11 is 0. The first-order valence-corrected chi connectivity index (χ1v) is 19.6. The van der Waals surface area contributed by atoms with Crippen LogP contribution in [-0.4, -0.2) is 78.6 Å². The summed E-state index contributed by atoms with van der Waals surface area (Å²) < 4.78 is 38.4. The van der Waals surface area contributed by atoms with Crippen LogP contribution in [-0.2, 0) is 28.9 Å². The number of amides is 2. The summed E-state index contributed by atoms with van der Waals surface area (Å²) in [5.74, 6) is -9.94. The molecule has 2 unspecified atom stereocenters. The predicted octanol–water partition coefficient (Wildman–Crippen LogP) is 5.53. The lowest BCUT2D eigenvalue weighted by atomic mass is 9.86. The van der Waals surface area contributed by atoms with Crippen LogP contribution in [0.2, 0.25) is 0 Å². The van der Waals surface area contributed by atoms with Crippen molar-refractivity contribution in [2.24, 2.45) is 23.7 Å². The fraction of sp³-hybridized carbons (Fsp3) is 0.500. The summed E-state index contributed by atoms with van der Waals surface area (Å²) in [4.78, 5) is 106. The highest BCUT2D eigenvalue weighted by Crippen LogP contribution is 2.36. The van der Waals surface area contributed by atoms with E-state index < -0.39 is 113 Å². The zero-order chi connectivity index (χ0) is 41.5. The Labute approximate surface area is 320 Å². The van der Waals surface area contributed by atoms with Gasteiger partial charge in [0.05, 0.1) is 21.9 Å². The quantitative estimate of drug-likeness (QED) is 0.255. The molecule has 0 heterocycles. The van der Waals surface area contributed by atoms with Crippen LogP contribution in [0, 0.1) is 23.7 Å². The summed E-state index contributed by atoms with van der Waals surface area (Å²) in [5, 5.41) is 4.97. The fourth-order valence-electron chi connectivity index (χ4n) is 6.42. The molecule has 0 aromatic heterocycles. The van der Waals surface area contributed by atoms with Gasteiger partial charge in [-0.3, -0.25) is 28.8 Å². The van der Waals surface area contributed by atoms with Crippen molar-refractivity contribution in [2.45, 2.75) is 115 Å². The molecule has 6 atom stereocenters. The molecule has 15 heteroatoms. The average molecular weight is 781 g/mol. The third-order valence-corrected chi connectivity index (χ3v) is 11.4. The first-order chi connectivity index (χ1) is 25.3. The molecular weight excluding hydrogens is 733 g/mol. The average Bonchev–Trinajstić information content (AvgIpc) is 3.49. The Hall–Kier alpha value is -5.05. The van der Waals surface area contributed by atoms with Crippen LogP contribution in [0.4, 0.5) is 9.59 Å². The van der Waals surface area contributed by atoms with Gasteiger partial charge >= 0.3 is 12.2 Å². The number of sulfone groups is 1. The van der Waals surface area contributed by atoms with E-state index in [0.29, 0.717) is 12.8 Å². The largest absolute Gasteiger partial charge is 0.444 e. The van der Waals surface area contributed by atoms with E-state index in [0.717, 1.165) is 36.4 Å². The van der Waals surface area contributed by atoms with E-state index in [2.05, 4.69) is 10.6 Å². The van der Waals surface area contributed by atoms with E-state index in [1.165, 1.54) is 0 Å². The smallest absolute Gasteiger partial charge is 0.408 e. The standard InChI is InChI=1S/C40H48N2O12S/c1-11-19(3)29(41-37(49)53-39(5,6)7)35(47)27-31(43)23-15-13-21(17-25(23)33(27)45)55(51,52)22-14-16-24-26(18-22)34(46)28(32(24)44)36(48)30(20(4)12-2)42-38(50)54-40(8,9)10/h13-20,27-30H,11-12H2,1-10H3,(H,41,49)(H,42,50)/t19-,20-,27?,28?,29-,30-/m0/s1. The molecule has 2 aliphatic rings. The Balaban J connectivity index is 1.63. The molecule has 0 spiro atoms. The summed E-state index contributed by atoms with van der Waals surface area (Å²) in [6.45, 7) is 16.7. The van der Waals surface area contributed by atoms with E-state index in [4.69, 9.17) is 9.47 Å². The third kappa shape index (κ3) is 8.77. The molecule has 14 nitrogen and oxygen atoms in total. The van der Waals surface area contributed by atoms with Gasteiger partial charge in [-0.05, 0) is 89.8 Å². The number of nitrogens with one attached hydrogen (secondary N) is 2. The number of hydrogen-bond acceptors (Lipinski definition) is 12. The SMILES string of the molecule is CC[C@H](C)[C@H](NC(=O)OC(C)(C)C)C(=O)C1C(=O)c2ccc(S(=O)(=O)c3ccc4c(c3)C(=O)C(C(=O)[C@@H](NC(=O)OC(C)(C)C)[C@@H](C)CC)C4=O)cc2C1=O.